The van der Waals surface area contributed by atoms with Gasteiger partial charge in [-0.05, 0) is 60.3 Å². The van der Waals surface area contributed by atoms with Crippen LogP contribution in [0, 0.1) is 5.82 Å². The van der Waals surface area contributed by atoms with E-state index in [4.69, 9.17) is 0 Å². The van der Waals surface area contributed by atoms with Crippen molar-refractivity contribution in [2.75, 3.05) is 0 Å². The second kappa shape index (κ2) is 6.95. The highest BCUT2D eigenvalue weighted by Crippen LogP contribution is 2.42. The number of halogens is 1. The molecular formula is C24H26FN. The lowest BCUT2D eigenvalue weighted by Gasteiger charge is -2.30. The molecule has 1 aromatic carbocycles. The molecule has 26 heavy (non-hydrogen) atoms. The van der Waals surface area contributed by atoms with Crippen LogP contribution in [-0.2, 0) is 5.41 Å². The van der Waals surface area contributed by atoms with E-state index < -0.39 is 0 Å². The van der Waals surface area contributed by atoms with Crippen LogP contribution in [0.5, 0.6) is 0 Å². The van der Waals surface area contributed by atoms with Crippen molar-refractivity contribution in [1.82, 2.24) is 4.98 Å². The molecule has 0 unspecified atom stereocenters. The molecule has 0 aliphatic heterocycles. The third-order valence-electron chi connectivity index (χ3n) is 5.13. The lowest BCUT2D eigenvalue weighted by Crippen LogP contribution is -2.22. The molecule has 0 saturated carbocycles. The Balaban J connectivity index is 2.06. The minimum absolute atomic E-state index is 0.0956. The topological polar surface area (TPSA) is 15.8 Å². The van der Waals surface area contributed by atoms with Crippen molar-refractivity contribution < 1.29 is 4.39 Å². The van der Waals surface area contributed by atoms with Gasteiger partial charge in [-0.25, -0.2) is 4.39 Å². The van der Waals surface area contributed by atoms with Crippen molar-refractivity contribution in [3.8, 4) is 0 Å². The lowest BCUT2D eigenvalue weighted by molar-refractivity contribution is 0.463. The second-order valence-corrected chi connectivity index (χ2v) is 7.56. The van der Waals surface area contributed by atoms with Crippen LogP contribution in [0.4, 0.5) is 4.39 Å². The highest BCUT2D eigenvalue weighted by atomic mass is 19.1. The zero-order valence-electron chi connectivity index (χ0n) is 15.8. The average Bonchev–Trinajstić information content (AvgIpc) is 3.06. The third kappa shape index (κ3) is 3.37. The molecule has 0 fully saturated rings. The Labute approximate surface area is 155 Å². The van der Waals surface area contributed by atoms with Gasteiger partial charge in [0, 0.05) is 22.4 Å². The molecule has 1 nitrogen and oxygen atoms in total. The van der Waals surface area contributed by atoms with Crippen LogP contribution in [0.25, 0.3) is 16.7 Å². The molecule has 134 valence electrons. The zero-order chi connectivity index (χ0) is 18.9. The number of benzene rings is 1. The largest absolute Gasteiger partial charge is 0.357 e. The summed E-state index contributed by atoms with van der Waals surface area (Å²) in [5, 5.41) is 0. The fourth-order valence-electron chi connectivity index (χ4n) is 3.53. The standard InChI is InChI=1S/C24H26FN/c1-6-9-18(14-17(3)19-10-7-8-11-21(19)25)22-15-20-16(2)12-13-24(4,5)23(20)26-22/h6-11,14-15,26H,2-3,12-13H2,1,4-5H3/b9-6-,18-14+. The summed E-state index contributed by atoms with van der Waals surface area (Å²) in [5.74, 6) is -0.256. The van der Waals surface area contributed by atoms with E-state index >= 15 is 0 Å². The van der Waals surface area contributed by atoms with Gasteiger partial charge in [-0.15, -0.1) is 0 Å². The maximum atomic E-state index is 14.1. The number of nitrogens with one attached hydrogen (secondary N) is 1. The monoisotopic (exact) mass is 347 g/mol. The molecule has 1 heterocycles. The quantitative estimate of drug-likeness (QED) is 0.578. The van der Waals surface area contributed by atoms with Crippen LogP contribution in [0.15, 0.2) is 61.7 Å². The van der Waals surface area contributed by atoms with E-state index in [0.717, 1.165) is 24.1 Å². The van der Waals surface area contributed by atoms with Gasteiger partial charge in [0.25, 0.3) is 0 Å². The first-order valence-corrected chi connectivity index (χ1v) is 9.03. The van der Waals surface area contributed by atoms with Crippen LogP contribution < -0.4 is 0 Å². The summed E-state index contributed by atoms with van der Waals surface area (Å²) < 4.78 is 14.1. The van der Waals surface area contributed by atoms with Gasteiger partial charge in [0.05, 0.1) is 0 Å². The van der Waals surface area contributed by atoms with Crippen molar-refractivity contribution in [3.63, 3.8) is 0 Å². The molecule has 2 aromatic rings. The first kappa shape index (κ1) is 18.2. The first-order valence-electron chi connectivity index (χ1n) is 9.03. The van der Waals surface area contributed by atoms with Crippen molar-refractivity contribution in [2.24, 2.45) is 0 Å². The predicted octanol–water partition coefficient (Wildman–Crippen LogP) is 6.91. The van der Waals surface area contributed by atoms with Crippen molar-refractivity contribution in [2.45, 2.75) is 39.0 Å². The van der Waals surface area contributed by atoms with E-state index in [2.05, 4.69) is 38.1 Å². The third-order valence-corrected chi connectivity index (χ3v) is 5.13. The zero-order valence-corrected chi connectivity index (χ0v) is 15.8. The van der Waals surface area contributed by atoms with E-state index in [1.54, 1.807) is 12.1 Å². The fourth-order valence-corrected chi connectivity index (χ4v) is 3.53. The molecule has 1 aliphatic carbocycles. The molecule has 2 heteroatoms. The minimum Gasteiger partial charge on any atom is -0.357 e. The number of hydrogen-bond acceptors (Lipinski definition) is 0. The number of H-pyrrole nitrogens is 1. The van der Waals surface area contributed by atoms with Gasteiger partial charge in [0.2, 0.25) is 0 Å². The van der Waals surface area contributed by atoms with E-state index in [-0.39, 0.29) is 11.2 Å². The van der Waals surface area contributed by atoms with Gasteiger partial charge in [0.1, 0.15) is 5.82 Å². The van der Waals surface area contributed by atoms with Gasteiger partial charge < -0.3 is 4.98 Å². The summed E-state index contributed by atoms with van der Waals surface area (Å²) in [7, 11) is 0. The SMILES string of the molecule is C=C(/C=C(\C=C/C)c1cc2c([nH]1)C(C)(C)CCC2=C)c1ccccc1F. The Hall–Kier alpha value is -2.61. The smallest absolute Gasteiger partial charge is 0.131 e. The van der Waals surface area contributed by atoms with Crippen LogP contribution >= 0.6 is 0 Å². The van der Waals surface area contributed by atoms with E-state index in [9.17, 15) is 4.39 Å². The van der Waals surface area contributed by atoms with Gasteiger partial charge >= 0.3 is 0 Å². The molecule has 3 rings (SSSR count). The number of fused-ring (bicyclic) bond motifs is 1. The van der Waals surface area contributed by atoms with E-state index in [1.165, 1.54) is 22.9 Å². The lowest BCUT2D eigenvalue weighted by atomic mass is 9.75. The molecule has 0 saturated heterocycles. The van der Waals surface area contributed by atoms with Gasteiger partial charge in [0.15, 0.2) is 0 Å². The van der Waals surface area contributed by atoms with Gasteiger partial charge in [-0.3, -0.25) is 0 Å². The molecular weight excluding hydrogens is 321 g/mol. The van der Waals surface area contributed by atoms with Crippen LogP contribution in [0.1, 0.15) is 56.1 Å². The maximum Gasteiger partial charge on any atom is 0.131 e. The molecule has 0 bridgehead atoms. The van der Waals surface area contributed by atoms with Crippen molar-refractivity contribution in [1.29, 1.82) is 0 Å². The molecule has 1 aliphatic rings. The average molecular weight is 347 g/mol. The van der Waals surface area contributed by atoms with Crippen molar-refractivity contribution in [3.05, 3.63) is 90.0 Å². The Kier molecular flexibility index (Phi) is 4.86. The molecule has 1 aromatic heterocycles. The van der Waals surface area contributed by atoms with Crippen LogP contribution in [0.2, 0.25) is 0 Å². The summed E-state index contributed by atoms with van der Waals surface area (Å²) >= 11 is 0. The Morgan fingerprint density at radius 2 is 2.00 bits per heavy atom. The Morgan fingerprint density at radius 3 is 2.65 bits per heavy atom. The number of allylic oxidation sites excluding steroid dienone is 6. The fraction of sp³-hybridized carbons (Fsp3) is 0.250. The molecule has 0 spiro atoms. The van der Waals surface area contributed by atoms with E-state index in [0.29, 0.717) is 11.1 Å². The van der Waals surface area contributed by atoms with E-state index in [1.807, 2.05) is 31.2 Å². The van der Waals surface area contributed by atoms with Crippen LogP contribution in [-0.4, -0.2) is 4.98 Å². The number of rotatable bonds is 4. The van der Waals surface area contributed by atoms with Gasteiger partial charge in [-0.1, -0.05) is 57.4 Å². The first-order chi connectivity index (χ1) is 12.3. The number of aromatic nitrogens is 1. The molecule has 0 amide bonds. The maximum absolute atomic E-state index is 14.1. The van der Waals surface area contributed by atoms with Crippen LogP contribution in [0.3, 0.4) is 0 Å². The summed E-state index contributed by atoms with van der Waals surface area (Å²) in [6.07, 6.45) is 8.05. The Morgan fingerprint density at radius 1 is 1.27 bits per heavy atom. The minimum atomic E-state index is -0.256. The number of aromatic amines is 1. The summed E-state index contributed by atoms with van der Waals surface area (Å²) in [6.45, 7) is 14.8. The van der Waals surface area contributed by atoms with Gasteiger partial charge in [-0.2, -0.15) is 0 Å². The van der Waals surface area contributed by atoms with Crippen molar-refractivity contribution >= 4 is 16.7 Å². The highest BCUT2D eigenvalue weighted by molar-refractivity contribution is 5.87. The molecule has 0 atom stereocenters. The normalized spacial score (nSPS) is 16.8. The second-order valence-electron chi connectivity index (χ2n) is 7.56. The summed E-state index contributed by atoms with van der Waals surface area (Å²) in [4.78, 5) is 3.60. The predicted molar refractivity (Wildman–Crippen MR) is 110 cm³/mol. The number of hydrogen-bond donors (Lipinski definition) is 1. The summed E-state index contributed by atoms with van der Waals surface area (Å²) in [5.41, 5.74) is 6.89. The summed E-state index contributed by atoms with van der Waals surface area (Å²) in [6, 6.07) is 8.90. The molecule has 1 N–H and O–H groups in total. The molecule has 0 radical (unpaired) electrons. The highest BCUT2D eigenvalue weighted by Gasteiger charge is 2.31. The Bertz CT molecular complexity index is 921.